The van der Waals surface area contributed by atoms with Crippen LogP contribution in [0, 0.1) is 0 Å². The van der Waals surface area contributed by atoms with Gasteiger partial charge in [0.15, 0.2) is 34.9 Å². The van der Waals surface area contributed by atoms with E-state index in [-0.39, 0.29) is 24.0 Å². The van der Waals surface area contributed by atoms with E-state index in [0.717, 1.165) is 89.9 Å². The van der Waals surface area contributed by atoms with Crippen LogP contribution in [0.15, 0.2) is 316 Å². The number of nitrogens with zero attached hydrogens (tertiary/aromatic N) is 10. The SMILES string of the molecule is C1=CC2c3cc(-c4nc(-c5ccc(-c6ccccc6)cc5)nc(-c5cccnc5)n4)ccc3OC2c2c1n(-c1ccccc1)c1ccccc21.C1=CC2c3cc(-c4nc(-c5cccc(-c6ccccc6)c5)nc(-c5ccccn5)n4)ccc3OC2c2c1n(-c1ccccc1)c1ccccc21. The molecule has 16 aromatic rings. The van der Waals surface area contributed by atoms with Gasteiger partial charge in [0.25, 0.3) is 0 Å². The topological polar surface area (TPSA) is 131 Å². The van der Waals surface area contributed by atoms with Crippen molar-refractivity contribution in [1.82, 2.24) is 49.0 Å². The normalized spacial score (nSPS) is 15.7. The molecule has 4 unspecified atom stereocenters. The van der Waals surface area contributed by atoms with Gasteiger partial charge in [-0.1, -0.05) is 194 Å². The zero-order valence-electron chi connectivity index (χ0n) is 53.8. The molecule has 0 amide bonds. The van der Waals surface area contributed by atoms with E-state index >= 15 is 0 Å². The van der Waals surface area contributed by atoms with Gasteiger partial charge in [-0.3, -0.25) is 9.97 Å². The lowest BCUT2D eigenvalue weighted by Crippen LogP contribution is -2.13. The molecule has 12 nitrogen and oxygen atoms in total. The molecule has 0 N–H and O–H groups in total. The van der Waals surface area contributed by atoms with Crippen LogP contribution in [0.4, 0.5) is 0 Å². The molecule has 2 aliphatic carbocycles. The summed E-state index contributed by atoms with van der Waals surface area (Å²) >= 11 is 0. The van der Waals surface area contributed by atoms with Crippen molar-refractivity contribution in [2.45, 2.75) is 24.0 Å². The average Bonchev–Trinajstić information content (AvgIpc) is 1.57. The van der Waals surface area contributed by atoms with Crippen LogP contribution in [0.3, 0.4) is 0 Å². The first-order valence-electron chi connectivity index (χ1n) is 33.6. The molecule has 10 aromatic carbocycles. The van der Waals surface area contributed by atoms with Crippen molar-refractivity contribution >= 4 is 34.0 Å². The predicted molar refractivity (Wildman–Crippen MR) is 396 cm³/mol. The number of para-hydroxylation sites is 4. The maximum atomic E-state index is 6.80. The van der Waals surface area contributed by atoms with Crippen LogP contribution in [0.1, 0.15) is 57.7 Å². The van der Waals surface area contributed by atoms with Gasteiger partial charge < -0.3 is 18.6 Å². The third-order valence-corrected chi connectivity index (χ3v) is 19.4. The highest BCUT2D eigenvalue weighted by molar-refractivity contribution is 5.94. The molecule has 0 spiro atoms. The van der Waals surface area contributed by atoms with Gasteiger partial charge in [-0.05, 0) is 138 Å². The predicted octanol–water partition coefficient (Wildman–Crippen LogP) is 20.2. The minimum absolute atomic E-state index is 0.0478. The Morgan fingerprint density at radius 3 is 1.23 bits per heavy atom. The van der Waals surface area contributed by atoms with Crippen molar-refractivity contribution in [2.75, 3.05) is 0 Å². The maximum Gasteiger partial charge on any atom is 0.182 e. The molecule has 472 valence electrons. The molecule has 6 aromatic heterocycles. The molecule has 4 aliphatic rings. The Morgan fingerprint density at radius 1 is 0.300 bits per heavy atom. The largest absolute Gasteiger partial charge is 0.484 e. The summed E-state index contributed by atoms with van der Waals surface area (Å²) in [5.74, 6) is 5.38. The molecule has 8 heterocycles. The summed E-state index contributed by atoms with van der Waals surface area (Å²) in [4.78, 5) is 38.8. The number of hydrogen-bond acceptors (Lipinski definition) is 10. The Hall–Kier alpha value is -13.3. The standard InChI is InChI=1S/2C44H29N5O/c1-3-12-28(13-4-1)29-14-11-15-30(26-29)42-46-43(48-44(47-42)36-19-9-10-25-45-36)31-21-24-39-35(27-31)33-22-23-38-40(41(33)50-39)34-18-7-8-20-37(34)49(38)32-16-5-2-6-17-32;1-3-10-28(11-4-1)29-17-19-30(20-18-29)42-46-43(48-44(47-42)32-12-9-25-45-27-32)31-21-24-39-36(26-31)34-22-23-38-40(41(34)50-39)35-15-7-8-16-37(35)49(38)33-13-5-2-6-14-33/h1-27,33,41H;1-27,34,41H. The minimum atomic E-state index is -0.145. The monoisotopic (exact) mass is 1290 g/mol. The number of rotatable bonds is 10. The van der Waals surface area contributed by atoms with E-state index in [1.165, 1.54) is 38.5 Å². The molecule has 0 saturated heterocycles. The summed E-state index contributed by atoms with van der Waals surface area (Å²) in [5, 5.41) is 2.42. The molecule has 0 radical (unpaired) electrons. The minimum Gasteiger partial charge on any atom is -0.484 e. The van der Waals surface area contributed by atoms with Crippen molar-refractivity contribution in [3.8, 4) is 114 Å². The Balaban J connectivity index is 0.000000139. The zero-order valence-corrected chi connectivity index (χ0v) is 53.8. The van der Waals surface area contributed by atoms with Crippen molar-refractivity contribution in [1.29, 1.82) is 0 Å². The van der Waals surface area contributed by atoms with E-state index in [1.807, 2.05) is 66.7 Å². The summed E-state index contributed by atoms with van der Waals surface area (Å²) in [6, 6.07) is 98.0. The molecule has 4 atom stereocenters. The molecule has 20 rings (SSSR count). The van der Waals surface area contributed by atoms with E-state index in [9.17, 15) is 0 Å². The molecule has 12 heteroatoms. The molecule has 100 heavy (non-hydrogen) atoms. The average molecular weight is 1290 g/mol. The van der Waals surface area contributed by atoms with Crippen LogP contribution in [-0.4, -0.2) is 49.0 Å². The third kappa shape index (κ3) is 10.2. The summed E-state index contributed by atoms with van der Waals surface area (Å²) in [5.41, 5.74) is 21.3. The van der Waals surface area contributed by atoms with Crippen LogP contribution >= 0.6 is 0 Å². The van der Waals surface area contributed by atoms with Gasteiger partial charge in [0.2, 0.25) is 0 Å². The number of fused-ring (bicyclic) bond motifs is 14. The van der Waals surface area contributed by atoms with E-state index in [1.54, 1.807) is 18.6 Å². The van der Waals surface area contributed by atoms with Crippen LogP contribution < -0.4 is 9.47 Å². The van der Waals surface area contributed by atoms with Crippen LogP contribution in [0.5, 0.6) is 11.5 Å². The van der Waals surface area contributed by atoms with Gasteiger partial charge in [-0.2, -0.15) is 0 Å². The van der Waals surface area contributed by atoms with Crippen LogP contribution in [-0.2, 0) is 0 Å². The fourth-order valence-corrected chi connectivity index (χ4v) is 14.8. The Kier molecular flexibility index (Phi) is 14.2. The van der Waals surface area contributed by atoms with Gasteiger partial charge in [0.1, 0.15) is 29.4 Å². The second-order valence-corrected chi connectivity index (χ2v) is 25.3. The summed E-state index contributed by atoms with van der Waals surface area (Å²) in [6.07, 6.45) is 14.1. The highest BCUT2D eigenvalue weighted by Crippen LogP contribution is 2.55. The highest BCUT2D eigenvalue weighted by Gasteiger charge is 2.42. The van der Waals surface area contributed by atoms with Gasteiger partial charge >= 0.3 is 0 Å². The molecule has 0 fully saturated rings. The summed E-state index contributed by atoms with van der Waals surface area (Å²) < 4.78 is 18.3. The Labute approximate surface area is 576 Å². The fraction of sp³-hybridized carbons (Fsp3) is 0.0455. The zero-order chi connectivity index (χ0) is 66.0. The smallest absolute Gasteiger partial charge is 0.182 e. The first-order chi connectivity index (χ1) is 49.6. The maximum absolute atomic E-state index is 6.80. The highest BCUT2D eigenvalue weighted by atomic mass is 16.5. The number of pyridine rings is 2. The number of hydrogen-bond donors (Lipinski definition) is 0. The van der Waals surface area contributed by atoms with Gasteiger partial charge in [0, 0.05) is 103 Å². The van der Waals surface area contributed by atoms with Crippen molar-refractivity contribution < 1.29 is 9.47 Å². The van der Waals surface area contributed by atoms with E-state index < -0.39 is 0 Å². The lowest BCUT2D eigenvalue weighted by Gasteiger charge is -2.22. The second-order valence-electron chi connectivity index (χ2n) is 25.3. The number of benzene rings is 10. The Morgan fingerprint density at radius 2 is 0.710 bits per heavy atom. The van der Waals surface area contributed by atoms with Crippen molar-refractivity contribution in [2.24, 2.45) is 0 Å². The van der Waals surface area contributed by atoms with Gasteiger partial charge in [-0.15, -0.1) is 0 Å². The summed E-state index contributed by atoms with van der Waals surface area (Å²) in [7, 11) is 0. The fourth-order valence-electron chi connectivity index (χ4n) is 14.8. The van der Waals surface area contributed by atoms with E-state index in [2.05, 4.69) is 262 Å². The van der Waals surface area contributed by atoms with Gasteiger partial charge in [-0.25, -0.2) is 29.9 Å². The molecule has 0 bridgehead atoms. The number of aromatic nitrogens is 10. The van der Waals surface area contributed by atoms with E-state index in [0.29, 0.717) is 40.6 Å². The third-order valence-electron chi connectivity index (χ3n) is 19.4. The molecular weight excluding hydrogens is 1230 g/mol. The van der Waals surface area contributed by atoms with Crippen molar-refractivity contribution in [3.05, 3.63) is 350 Å². The first-order valence-corrected chi connectivity index (χ1v) is 33.6. The molecular formula is C88H58N10O2. The lowest BCUT2D eigenvalue weighted by molar-refractivity contribution is 0.224. The number of ether oxygens (including phenoxy) is 2. The van der Waals surface area contributed by atoms with Crippen LogP contribution in [0.25, 0.3) is 136 Å². The lowest BCUT2D eigenvalue weighted by atomic mass is 9.85. The van der Waals surface area contributed by atoms with Crippen LogP contribution in [0.2, 0.25) is 0 Å². The molecule has 2 aliphatic heterocycles. The summed E-state index contributed by atoms with van der Waals surface area (Å²) in [6.45, 7) is 0. The van der Waals surface area contributed by atoms with Gasteiger partial charge in [0.05, 0.1) is 22.4 Å². The first kappa shape index (κ1) is 58.1. The van der Waals surface area contributed by atoms with E-state index in [4.69, 9.17) is 39.4 Å². The Bertz CT molecular complexity index is 5870. The second kappa shape index (κ2) is 24.4. The molecule has 0 saturated carbocycles. The quantitative estimate of drug-likeness (QED) is 0.130. The van der Waals surface area contributed by atoms with Crippen molar-refractivity contribution in [3.63, 3.8) is 0 Å².